The molecule has 1 unspecified atom stereocenters. The molecule has 1 aliphatic rings. The van der Waals surface area contributed by atoms with Crippen molar-refractivity contribution in [3.8, 4) is 11.3 Å². The molecular weight excluding hydrogens is 361 g/mol. The summed E-state index contributed by atoms with van der Waals surface area (Å²) in [6.07, 6.45) is 0.867. The van der Waals surface area contributed by atoms with Gasteiger partial charge < -0.3 is 5.32 Å². The molecule has 2 heterocycles. The number of nitrogens with zero attached hydrogens (tertiary/aromatic N) is 2. The van der Waals surface area contributed by atoms with Gasteiger partial charge in [-0.15, -0.1) is 0 Å². The third-order valence-corrected chi connectivity index (χ3v) is 5.81. The summed E-state index contributed by atoms with van der Waals surface area (Å²) in [6, 6.07) is 22.0. The van der Waals surface area contributed by atoms with E-state index in [0.29, 0.717) is 5.39 Å². The number of benzene rings is 3. The van der Waals surface area contributed by atoms with Gasteiger partial charge in [0.1, 0.15) is 5.82 Å². The summed E-state index contributed by atoms with van der Waals surface area (Å²) >= 11 is 0. The van der Waals surface area contributed by atoms with E-state index in [4.69, 9.17) is 0 Å². The molecule has 0 saturated heterocycles. The Hall–Kier alpha value is -3.11. The van der Waals surface area contributed by atoms with Crippen molar-refractivity contribution in [2.24, 2.45) is 0 Å². The third-order valence-electron chi connectivity index (χ3n) is 5.81. The number of nitrogens with one attached hydrogen (secondary N) is 1. The Kier molecular flexibility index (Phi) is 4.57. The smallest absolute Gasteiger partial charge is 0.134 e. The highest BCUT2D eigenvalue weighted by Gasteiger charge is 2.24. The predicted octanol–water partition coefficient (Wildman–Crippen LogP) is 5.37. The van der Waals surface area contributed by atoms with E-state index in [1.807, 2.05) is 55.5 Å². The minimum absolute atomic E-state index is 0.0303. The van der Waals surface area contributed by atoms with Crippen LogP contribution in [0.25, 0.3) is 22.0 Å². The average molecular weight is 383 g/mol. The Bertz CT molecular complexity index is 1180. The Morgan fingerprint density at radius 3 is 2.66 bits per heavy atom. The van der Waals surface area contributed by atoms with Crippen molar-refractivity contribution in [1.29, 1.82) is 0 Å². The van der Waals surface area contributed by atoms with Crippen LogP contribution in [0.3, 0.4) is 0 Å². The van der Waals surface area contributed by atoms with Crippen molar-refractivity contribution in [1.82, 2.24) is 15.5 Å². The van der Waals surface area contributed by atoms with Gasteiger partial charge in [0.2, 0.25) is 0 Å². The fourth-order valence-corrected chi connectivity index (χ4v) is 4.28. The van der Waals surface area contributed by atoms with Crippen LogP contribution in [0, 0.1) is 12.7 Å². The van der Waals surface area contributed by atoms with E-state index in [1.54, 1.807) is 0 Å². The molecule has 3 aromatic carbocycles. The molecule has 0 radical (unpaired) electrons. The van der Waals surface area contributed by atoms with Gasteiger partial charge in [-0.05, 0) is 60.2 Å². The summed E-state index contributed by atoms with van der Waals surface area (Å²) in [6.45, 7) is 3.56. The maximum absolute atomic E-state index is 15.4. The van der Waals surface area contributed by atoms with Crippen LogP contribution < -0.4 is 5.32 Å². The van der Waals surface area contributed by atoms with E-state index in [0.717, 1.165) is 47.4 Å². The minimum atomic E-state index is -0.102. The van der Waals surface area contributed by atoms with Gasteiger partial charge in [-0.3, -0.25) is 0 Å². The van der Waals surface area contributed by atoms with Gasteiger partial charge in [0, 0.05) is 23.4 Å². The SMILES string of the molecule is Cc1ccc(-c2ccc3c(c2)CNCCC3c2ccc3ccccc3c2F)nn1. The maximum atomic E-state index is 15.4. The van der Waals surface area contributed by atoms with Crippen molar-refractivity contribution in [2.45, 2.75) is 25.8 Å². The molecule has 1 aliphatic heterocycles. The largest absolute Gasteiger partial charge is 0.313 e. The van der Waals surface area contributed by atoms with Crippen LogP contribution >= 0.6 is 0 Å². The molecule has 0 spiro atoms. The fraction of sp³-hybridized carbons (Fsp3) is 0.200. The Balaban J connectivity index is 1.60. The van der Waals surface area contributed by atoms with Crippen LogP contribution in [0.5, 0.6) is 0 Å². The molecule has 144 valence electrons. The Morgan fingerprint density at radius 2 is 1.79 bits per heavy atom. The van der Waals surface area contributed by atoms with E-state index >= 15 is 4.39 Å². The van der Waals surface area contributed by atoms with E-state index in [1.165, 1.54) is 11.1 Å². The Labute approximate surface area is 169 Å². The standard InChI is InChI=1S/C25H22FN3/c1-16-6-11-24(29-28-16)18-8-9-20-19(14-18)15-27-13-12-22(20)23-10-7-17-4-2-3-5-21(17)25(23)26/h2-11,14,22,27H,12-13,15H2,1H3. The summed E-state index contributed by atoms with van der Waals surface area (Å²) in [5.41, 5.74) is 5.95. The van der Waals surface area contributed by atoms with Gasteiger partial charge in [0.05, 0.1) is 11.4 Å². The van der Waals surface area contributed by atoms with Gasteiger partial charge in [0.25, 0.3) is 0 Å². The second-order valence-electron chi connectivity index (χ2n) is 7.68. The molecule has 29 heavy (non-hydrogen) atoms. The van der Waals surface area contributed by atoms with Crippen LogP contribution in [-0.2, 0) is 6.54 Å². The lowest BCUT2D eigenvalue weighted by Gasteiger charge is -2.20. The lowest BCUT2D eigenvalue weighted by Crippen LogP contribution is -2.12. The van der Waals surface area contributed by atoms with Crippen molar-refractivity contribution in [3.05, 3.63) is 94.9 Å². The number of hydrogen-bond donors (Lipinski definition) is 1. The van der Waals surface area contributed by atoms with E-state index in [2.05, 4.69) is 33.7 Å². The van der Waals surface area contributed by atoms with Crippen LogP contribution in [0.1, 0.15) is 34.7 Å². The van der Waals surface area contributed by atoms with Gasteiger partial charge in [-0.25, -0.2) is 4.39 Å². The van der Waals surface area contributed by atoms with Crippen LogP contribution in [0.15, 0.2) is 66.7 Å². The molecule has 0 bridgehead atoms. The predicted molar refractivity (Wildman–Crippen MR) is 114 cm³/mol. The number of aromatic nitrogens is 2. The zero-order valence-electron chi connectivity index (χ0n) is 16.3. The zero-order chi connectivity index (χ0) is 19.8. The number of aryl methyl sites for hydroxylation is 1. The molecule has 0 saturated carbocycles. The normalized spacial score (nSPS) is 16.4. The van der Waals surface area contributed by atoms with E-state index in [-0.39, 0.29) is 11.7 Å². The van der Waals surface area contributed by atoms with Gasteiger partial charge in [-0.2, -0.15) is 10.2 Å². The Morgan fingerprint density at radius 1 is 0.931 bits per heavy atom. The fourth-order valence-electron chi connectivity index (χ4n) is 4.28. The summed E-state index contributed by atoms with van der Waals surface area (Å²) in [5, 5.41) is 13.6. The topological polar surface area (TPSA) is 37.8 Å². The number of rotatable bonds is 2. The van der Waals surface area contributed by atoms with Crippen molar-refractivity contribution in [2.75, 3.05) is 6.54 Å². The molecule has 0 fully saturated rings. The number of fused-ring (bicyclic) bond motifs is 2. The monoisotopic (exact) mass is 383 g/mol. The number of halogens is 1. The first-order valence-corrected chi connectivity index (χ1v) is 10.0. The summed E-state index contributed by atoms with van der Waals surface area (Å²) in [4.78, 5) is 0. The van der Waals surface area contributed by atoms with E-state index < -0.39 is 0 Å². The third kappa shape index (κ3) is 3.30. The van der Waals surface area contributed by atoms with Gasteiger partial charge in [-0.1, -0.05) is 48.5 Å². The molecule has 1 aromatic heterocycles. The van der Waals surface area contributed by atoms with Crippen molar-refractivity contribution < 1.29 is 4.39 Å². The molecule has 0 amide bonds. The lowest BCUT2D eigenvalue weighted by atomic mass is 9.84. The minimum Gasteiger partial charge on any atom is -0.313 e. The summed E-state index contributed by atoms with van der Waals surface area (Å²) in [7, 11) is 0. The first kappa shape index (κ1) is 18.0. The van der Waals surface area contributed by atoms with Crippen molar-refractivity contribution >= 4 is 10.8 Å². The van der Waals surface area contributed by atoms with Gasteiger partial charge in [0.15, 0.2) is 0 Å². The summed E-state index contributed by atoms with van der Waals surface area (Å²) < 4.78 is 15.4. The molecule has 1 atom stereocenters. The summed E-state index contributed by atoms with van der Waals surface area (Å²) in [5.74, 6) is -0.0721. The zero-order valence-corrected chi connectivity index (χ0v) is 16.3. The van der Waals surface area contributed by atoms with Crippen molar-refractivity contribution in [3.63, 3.8) is 0 Å². The molecule has 5 rings (SSSR count). The molecular formula is C25H22FN3. The van der Waals surface area contributed by atoms with E-state index in [9.17, 15) is 0 Å². The first-order chi connectivity index (χ1) is 14.2. The van der Waals surface area contributed by atoms with Crippen LogP contribution in [-0.4, -0.2) is 16.7 Å². The highest BCUT2D eigenvalue weighted by Crippen LogP contribution is 2.37. The second kappa shape index (κ2) is 7.37. The van der Waals surface area contributed by atoms with Gasteiger partial charge >= 0.3 is 0 Å². The quantitative estimate of drug-likeness (QED) is 0.506. The molecule has 3 nitrogen and oxygen atoms in total. The molecule has 0 aliphatic carbocycles. The highest BCUT2D eigenvalue weighted by atomic mass is 19.1. The number of hydrogen-bond acceptors (Lipinski definition) is 3. The maximum Gasteiger partial charge on any atom is 0.134 e. The van der Waals surface area contributed by atoms with Crippen LogP contribution in [0.4, 0.5) is 4.39 Å². The highest BCUT2D eigenvalue weighted by molar-refractivity contribution is 5.84. The molecule has 4 aromatic rings. The lowest BCUT2D eigenvalue weighted by molar-refractivity contribution is 0.588. The molecule has 1 N–H and O–H groups in total. The molecule has 4 heteroatoms. The average Bonchev–Trinajstić information content (AvgIpc) is 2.97. The second-order valence-corrected chi connectivity index (χ2v) is 7.68. The first-order valence-electron chi connectivity index (χ1n) is 10.0. The van der Waals surface area contributed by atoms with Crippen LogP contribution in [0.2, 0.25) is 0 Å².